The van der Waals surface area contributed by atoms with Gasteiger partial charge >= 0.3 is 0 Å². The van der Waals surface area contributed by atoms with Gasteiger partial charge in [-0.1, -0.05) is 19.1 Å². The summed E-state index contributed by atoms with van der Waals surface area (Å²) >= 11 is 0. The lowest BCUT2D eigenvalue weighted by Crippen LogP contribution is -2.48. The van der Waals surface area contributed by atoms with E-state index in [0.717, 1.165) is 61.4 Å². The lowest BCUT2D eigenvalue weighted by Gasteiger charge is -2.34. The summed E-state index contributed by atoms with van der Waals surface area (Å²) in [5, 5.41) is 0. The molecule has 0 saturated carbocycles. The Bertz CT molecular complexity index is 910. The molecule has 1 aliphatic heterocycles. The zero-order chi connectivity index (χ0) is 18.6. The molecule has 4 rings (SSSR count). The van der Waals surface area contributed by atoms with Crippen molar-refractivity contribution in [2.24, 2.45) is 0 Å². The summed E-state index contributed by atoms with van der Waals surface area (Å²) in [6, 6.07) is 11.8. The average molecular weight is 363 g/mol. The number of carbonyl (C=O) groups is 1. The topological polar surface area (TPSA) is 54.3 Å². The van der Waals surface area contributed by atoms with Crippen molar-refractivity contribution < 1.29 is 4.79 Å². The first-order valence-corrected chi connectivity index (χ1v) is 9.61. The van der Waals surface area contributed by atoms with Gasteiger partial charge in [-0.15, -0.1) is 0 Å². The lowest BCUT2D eigenvalue weighted by atomic mass is 10.1. The third-order valence-electron chi connectivity index (χ3n) is 5.13. The first-order valence-electron chi connectivity index (χ1n) is 9.61. The second-order valence-corrected chi connectivity index (χ2v) is 7.05. The summed E-state index contributed by atoms with van der Waals surface area (Å²) in [5.41, 5.74) is 3.66. The highest BCUT2D eigenvalue weighted by molar-refractivity contribution is 5.94. The predicted octanol–water partition coefficient (Wildman–Crippen LogP) is 2.65. The van der Waals surface area contributed by atoms with Crippen LogP contribution in [0.25, 0.3) is 11.2 Å². The third-order valence-corrected chi connectivity index (χ3v) is 5.13. The second-order valence-electron chi connectivity index (χ2n) is 7.05. The Morgan fingerprint density at radius 2 is 1.81 bits per heavy atom. The molecule has 6 heteroatoms. The van der Waals surface area contributed by atoms with Crippen LogP contribution in [0.15, 0.2) is 48.9 Å². The molecule has 27 heavy (non-hydrogen) atoms. The smallest absolute Gasteiger partial charge is 0.253 e. The minimum atomic E-state index is 0.132. The van der Waals surface area contributed by atoms with Gasteiger partial charge in [-0.25, -0.2) is 9.97 Å². The molecule has 1 aliphatic rings. The van der Waals surface area contributed by atoms with Crippen LogP contribution in [0.1, 0.15) is 29.3 Å². The summed E-state index contributed by atoms with van der Waals surface area (Å²) in [4.78, 5) is 25.9. The molecule has 0 atom stereocenters. The predicted molar refractivity (Wildman–Crippen MR) is 106 cm³/mol. The van der Waals surface area contributed by atoms with Crippen molar-refractivity contribution in [1.29, 1.82) is 0 Å². The molecule has 2 aromatic heterocycles. The normalized spacial score (nSPS) is 15.4. The molecule has 0 bridgehead atoms. The second kappa shape index (κ2) is 7.88. The standard InChI is InChI=1S/C21H25N5O/c1-2-10-24-11-13-25(14-12-24)21(27)18-7-5-17(6-8-18)15-26-16-23-19-4-3-9-22-20(19)26/h3-9,16H,2,10-15H2,1H3. The van der Waals surface area contributed by atoms with E-state index in [1.54, 1.807) is 6.20 Å². The first-order chi connectivity index (χ1) is 13.2. The van der Waals surface area contributed by atoms with Gasteiger partial charge in [0, 0.05) is 37.9 Å². The molecule has 1 amide bonds. The fourth-order valence-corrected chi connectivity index (χ4v) is 3.64. The Kier molecular flexibility index (Phi) is 5.16. The summed E-state index contributed by atoms with van der Waals surface area (Å²) in [5.74, 6) is 0.132. The first kappa shape index (κ1) is 17.7. The van der Waals surface area contributed by atoms with E-state index in [-0.39, 0.29) is 5.91 Å². The molecular formula is C21H25N5O. The zero-order valence-corrected chi connectivity index (χ0v) is 15.7. The average Bonchev–Trinajstić information content (AvgIpc) is 3.12. The molecule has 1 fully saturated rings. The number of nitrogens with zero attached hydrogens (tertiary/aromatic N) is 5. The minimum absolute atomic E-state index is 0.132. The quantitative estimate of drug-likeness (QED) is 0.699. The van der Waals surface area contributed by atoms with Gasteiger partial charge in [0.15, 0.2) is 5.65 Å². The molecule has 0 N–H and O–H groups in total. The Hall–Kier alpha value is -2.73. The number of hydrogen-bond donors (Lipinski definition) is 0. The zero-order valence-electron chi connectivity index (χ0n) is 15.7. The molecule has 6 nitrogen and oxygen atoms in total. The molecule has 1 aromatic carbocycles. The largest absolute Gasteiger partial charge is 0.336 e. The van der Waals surface area contributed by atoms with E-state index in [2.05, 4.69) is 21.8 Å². The number of piperazine rings is 1. The van der Waals surface area contributed by atoms with Gasteiger partial charge < -0.3 is 9.47 Å². The van der Waals surface area contributed by atoms with Crippen molar-refractivity contribution in [1.82, 2.24) is 24.3 Å². The molecule has 140 valence electrons. The van der Waals surface area contributed by atoms with E-state index in [1.807, 2.05) is 52.2 Å². The van der Waals surface area contributed by atoms with Crippen molar-refractivity contribution in [3.05, 3.63) is 60.0 Å². The lowest BCUT2D eigenvalue weighted by molar-refractivity contribution is 0.0637. The molecular weight excluding hydrogens is 338 g/mol. The van der Waals surface area contributed by atoms with Gasteiger partial charge in [0.1, 0.15) is 5.52 Å². The number of carbonyl (C=O) groups excluding carboxylic acids is 1. The number of imidazole rings is 1. The maximum Gasteiger partial charge on any atom is 0.253 e. The van der Waals surface area contributed by atoms with Crippen LogP contribution in [0.4, 0.5) is 0 Å². The molecule has 0 aliphatic carbocycles. The van der Waals surface area contributed by atoms with E-state index >= 15 is 0 Å². The summed E-state index contributed by atoms with van der Waals surface area (Å²) in [7, 11) is 0. The fourth-order valence-electron chi connectivity index (χ4n) is 3.64. The van der Waals surface area contributed by atoms with Crippen molar-refractivity contribution in [3.63, 3.8) is 0 Å². The van der Waals surface area contributed by atoms with Crippen LogP contribution < -0.4 is 0 Å². The molecule has 3 aromatic rings. The summed E-state index contributed by atoms with van der Waals surface area (Å²) < 4.78 is 2.03. The minimum Gasteiger partial charge on any atom is -0.336 e. The Balaban J connectivity index is 1.41. The van der Waals surface area contributed by atoms with Gasteiger partial charge in [-0.3, -0.25) is 9.69 Å². The van der Waals surface area contributed by atoms with E-state index in [9.17, 15) is 4.79 Å². The highest BCUT2D eigenvalue weighted by Gasteiger charge is 2.21. The van der Waals surface area contributed by atoms with Crippen LogP contribution in [0, 0.1) is 0 Å². The van der Waals surface area contributed by atoms with Gasteiger partial charge in [-0.2, -0.15) is 0 Å². The van der Waals surface area contributed by atoms with E-state index in [4.69, 9.17) is 0 Å². The van der Waals surface area contributed by atoms with Gasteiger partial charge in [0.2, 0.25) is 0 Å². The van der Waals surface area contributed by atoms with Crippen LogP contribution in [0.2, 0.25) is 0 Å². The highest BCUT2D eigenvalue weighted by Crippen LogP contribution is 2.14. The van der Waals surface area contributed by atoms with Crippen LogP contribution >= 0.6 is 0 Å². The van der Waals surface area contributed by atoms with Crippen LogP contribution in [-0.2, 0) is 6.54 Å². The molecule has 0 unspecified atom stereocenters. The number of aromatic nitrogens is 3. The van der Waals surface area contributed by atoms with Crippen LogP contribution in [0.3, 0.4) is 0 Å². The SMILES string of the molecule is CCCN1CCN(C(=O)c2ccc(Cn3cnc4cccnc43)cc2)CC1. The number of amides is 1. The molecule has 3 heterocycles. The Morgan fingerprint density at radius 3 is 2.56 bits per heavy atom. The van der Waals surface area contributed by atoms with Crippen molar-refractivity contribution in [2.75, 3.05) is 32.7 Å². The number of fused-ring (bicyclic) bond motifs is 1. The fraction of sp³-hybridized carbons (Fsp3) is 0.381. The van der Waals surface area contributed by atoms with E-state index < -0.39 is 0 Å². The van der Waals surface area contributed by atoms with Gasteiger partial charge in [0.25, 0.3) is 5.91 Å². The number of rotatable bonds is 5. The number of hydrogen-bond acceptors (Lipinski definition) is 4. The molecule has 0 spiro atoms. The Labute approximate surface area is 159 Å². The maximum atomic E-state index is 12.7. The van der Waals surface area contributed by atoms with E-state index in [1.165, 1.54) is 0 Å². The van der Waals surface area contributed by atoms with Crippen molar-refractivity contribution in [3.8, 4) is 0 Å². The number of benzene rings is 1. The van der Waals surface area contributed by atoms with E-state index in [0.29, 0.717) is 6.54 Å². The van der Waals surface area contributed by atoms with Crippen molar-refractivity contribution >= 4 is 17.1 Å². The summed E-state index contributed by atoms with van der Waals surface area (Å²) in [6.07, 6.45) is 4.76. The van der Waals surface area contributed by atoms with Gasteiger partial charge in [0.05, 0.1) is 12.9 Å². The monoisotopic (exact) mass is 363 g/mol. The van der Waals surface area contributed by atoms with Gasteiger partial charge in [-0.05, 0) is 42.8 Å². The van der Waals surface area contributed by atoms with Crippen molar-refractivity contribution in [2.45, 2.75) is 19.9 Å². The highest BCUT2D eigenvalue weighted by atomic mass is 16.2. The molecule has 1 saturated heterocycles. The Morgan fingerprint density at radius 1 is 1.04 bits per heavy atom. The molecule has 0 radical (unpaired) electrons. The maximum absolute atomic E-state index is 12.7. The summed E-state index contributed by atoms with van der Waals surface area (Å²) in [6.45, 7) is 7.57. The number of pyridine rings is 1. The van der Waals surface area contributed by atoms with Crippen LogP contribution in [-0.4, -0.2) is 63.0 Å². The van der Waals surface area contributed by atoms with Crippen LogP contribution in [0.5, 0.6) is 0 Å². The third kappa shape index (κ3) is 3.85.